The smallest absolute Gasteiger partial charge is 0.134 e. The second-order valence-electron chi connectivity index (χ2n) is 4.56. The fraction of sp³-hybridized carbons (Fsp3) is 0.125. The van der Waals surface area contributed by atoms with Gasteiger partial charge in [0.2, 0.25) is 0 Å². The van der Waals surface area contributed by atoms with Crippen molar-refractivity contribution >= 4 is 11.0 Å². The zero-order valence-corrected chi connectivity index (χ0v) is 11.2. The normalized spacial score (nSPS) is 12.5. The summed E-state index contributed by atoms with van der Waals surface area (Å²) >= 11 is 0. The van der Waals surface area contributed by atoms with Crippen LogP contribution in [0.3, 0.4) is 0 Å². The zero-order chi connectivity index (χ0) is 13.9. The van der Waals surface area contributed by atoms with Gasteiger partial charge >= 0.3 is 0 Å². The quantitative estimate of drug-likeness (QED) is 0.564. The monoisotopic (exact) mass is 268 g/mol. The van der Waals surface area contributed by atoms with Gasteiger partial charge in [-0.05, 0) is 23.8 Å². The number of hydrazine groups is 1. The van der Waals surface area contributed by atoms with E-state index in [1.807, 2.05) is 48.5 Å². The minimum absolute atomic E-state index is 0.145. The molecule has 0 amide bonds. The van der Waals surface area contributed by atoms with Crippen LogP contribution in [0, 0.1) is 0 Å². The summed E-state index contributed by atoms with van der Waals surface area (Å²) in [4.78, 5) is 0. The molecule has 3 rings (SSSR count). The molecule has 3 aromatic rings. The highest BCUT2D eigenvalue weighted by Crippen LogP contribution is 2.31. The molecule has 0 spiro atoms. The molecule has 0 aliphatic carbocycles. The van der Waals surface area contributed by atoms with E-state index < -0.39 is 0 Å². The number of rotatable bonds is 4. The number of nitrogens with two attached hydrogens (primary N) is 1. The van der Waals surface area contributed by atoms with Gasteiger partial charge in [-0.3, -0.25) is 5.84 Å². The van der Waals surface area contributed by atoms with Gasteiger partial charge in [0, 0.05) is 10.9 Å². The maximum atomic E-state index is 5.75. The third-order valence-electron chi connectivity index (χ3n) is 3.42. The Kier molecular flexibility index (Phi) is 3.41. The molecule has 0 aliphatic heterocycles. The first-order valence-corrected chi connectivity index (χ1v) is 6.39. The summed E-state index contributed by atoms with van der Waals surface area (Å²) in [5.41, 5.74) is 5.74. The predicted octanol–water partition coefficient (Wildman–Crippen LogP) is 2.99. The Hall–Kier alpha value is -2.30. The molecule has 2 aromatic carbocycles. The average molecular weight is 268 g/mol. The molecule has 1 aromatic heterocycles. The Labute approximate surface area is 117 Å². The number of hydrogen-bond acceptors (Lipinski definition) is 4. The summed E-state index contributed by atoms with van der Waals surface area (Å²) in [6.07, 6.45) is 1.74. The summed E-state index contributed by atoms with van der Waals surface area (Å²) in [6, 6.07) is 15.6. The fourth-order valence-electron chi connectivity index (χ4n) is 2.41. The van der Waals surface area contributed by atoms with Crippen molar-refractivity contribution in [2.45, 2.75) is 6.04 Å². The number of methoxy groups -OCH3 is 1. The van der Waals surface area contributed by atoms with Crippen LogP contribution in [0.5, 0.6) is 5.75 Å². The minimum Gasteiger partial charge on any atom is -0.497 e. The lowest BCUT2D eigenvalue weighted by Crippen LogP contribution is -2.28. The van der Waals surface area contributed by atoms with Gasteiger partial charge in [0.25, 0.3) is 0 Å². The van der Waals surface area contributed by atoms with E-state index in [1.165, 1.54) is 0 Å². The van der Waals surface area contributed by atoms with E-state index >= 15 is 0 Å². The van der Waals surface area contributed by atoms with Crippen LogP contribution in [0.1, 0.15) is 17.2 Å². The van der Waals surface area contributed by atoms with E-state index in [0.29, 0.717) is 0 Å². The molecule has 20 heavy (non-hydrogen) atoms. The second-order valence-corrected chi connectivity index (χ2v) is 4.56. The zero-order valence-electron chi connectivity index (χ0n) is 11.2. The number of para-hydroxylation sites is 1. The molecule has 0 saturated carbocycles. The Morgan fingerprint density at radius 2 is 2.00 bits per heavy atom. The molecule has 102 valence electrons. The van der Waals surface area contributed by atoms with E-state index in [1.54, 1.807) is 13.4 Å². The first-order valence-electron chi connectivity index (χ1n) is 6.39. The van der Waals surface area contributed by atoms with Gasteiger partial charge in [-0.15, -0.1) is 0 Å². The Balaban J connectivity index is 2.09. The lowest BCUT2D eigenvalue weighted by molar-refractivity contribution is 0.413. The highest BCUT2D eigenvalue weighted by molar-refractivity contribution is 5.81. The van der Waals surface area contributed by atoms with Crippen molar-refractivity contribution in [3.8, 4) is 5.75 Å². The SMILES string of the molecule is COc1cccc(C(NN)c2coc3ccccc23)c1. The maximum Gasteiger partial charge on any atom is 0.134 e. The van der Waals surface area contributed by atoms with Crippen molar-refractivity contribution in [2.75, 3.05) is 7.11 Å². The van der Waals surface area contributed by atoms with E-state index in [0.717, 1.165) is 27.8 Å². The first-order chi connectivity index (χ1) is 9.83. The first kappa shape index (κ1) is 12.7. The molecule has 0 radical (unpaired) electrons. The van der Waals surface area contributed by atoms with Gasteiger partial charge in [-0.2, -0.15) is 0 Å². The van der Waals surface area contributed by atoms with Gasteiger partial charge in [0.1, 0.15) is 11.3 Å². The van der Waals surface area contributed by atoms with Crippen LogP contribution in [0.2, 0.25) is 0 Å². The van der Waals surface area contributed by atoms with Gasteiger partial charge in [-0.25, -0.2) is 5.43 Å². The topological polar surface area (TPSA) is 60.4 Å². The van der Waals surface area contributed by atoms with Crippen LogP contribution in [0.25, 0.3) is 11.0 Å². The summed E-state index contributed by atoms with van der Waals surface area (Å²) < 4.78 is 10.8. The number of nitrogens with one attached hydrogen (secondary N) is 1. The van der Waals surface area contributed by atoms with Crippen LogP contribution in [0.15, 0.2) is 59.2 Å². The van der Waals surface area contributed by atoms with Crippen molar-refractivity contribution in [2.24, 2.45) is 5.84 Å². The van der Waals surface area contributed by atoms with E-state index in [4.69, 9.17) is 15.0 Å². The van der Waals surface area contributed by atoms with Gasteiger partial charge < -0.3 is 9.15 Å². The van der Waals surface area contributed by atoms with Crippen LogP contribution in [-0.2, 0) is 0 Å². The van der Waals surface area contributed by atoms with Crippen molar-refractivity contribution in [3.63, 3.8) is 0 Å². The lowest BCUT2D eigenvalue weighted by atomic mass is 9.98. The lowest BCUT2D eigenvalue weighted by Gasteiger charge is -2.16. The minimum atomic E-state index is -0.145. The summed E-state index contributed by atoms with van der Waals surface area (Å²) in [7, 11) is 1.65. The summed E-state index contributed by atoms with van der Waals surface area (Å²) in [6.45, 7) is 0. The van der Waals surface area contributed by atoms with Crippen LogP contribution in [-0.4, -0.2) is 7.11 Å². The molecule has 4 heteroatoms. The average Bonchev–Trinajstić information content (AvgIpc) is 2.93. The molecule has 1 heterocycles. The van der Waals surface area contributed by atoms with E-state index in [-0.39, 0.29) is 6.04 Å². The third-order valence-corrected chi connectivity index (χ3v) is 3.42. The second kappa shape index (κ2) is 5.36. The molecule has 0 aliphatic rings. The largest absolute Gasteiger partial charge is 0.497 e. The maximum absolute atomic E-state index is 5.75. The molecule has 0 fully saturated rings. The number of fused-ring (bicyclic) bond motifs is 1. The Morgan fingerprint density at radius 3 is 2.80 bits per heavy atom. The van der Waals surface area contributed by atoms with E-state index in [9.17, 15) is 0 Å². The number of hydrogen-bond donors (Lipinski definition) is 2. The van der Waals surface area contributed by atoms with Crippen LogP contribution in [0.4, 0.5) is 0 Å². The molecular weight excluding hydrogens is 252 g/mol. The summed E-state index contributed by atoms with van der Waals surface area (Å²) in [5.74, 6) is 6.55. The molecular formula is C16H16N2O2. The van der Waals surface area contributed by atoms with Crippen molar-refractivity contribution in [3.05, 3.63) is 65.9 Å². The summed E-state index contributed by atoms with van der Waals surface area (Å²) in [5, 5.41) is 1.05. The fourth-order valence-corrected chi connectivity index (χ4v) is 2.41. The van der Waals surface area contributed by atoms with Crippen molar-refractivity contribution in [1.82, 2.24) is 5.43 Å². The Morgan fingerprint density at radius 1 is 1.15 bits per heavy atom. The number of furan rings is 1. The predicted molar refractivity (Wildman–Crippen MR) is 78.4 cm³/mol. The molecule has 0 saturated heterocycles. The Bertz CT molecular complexity index is 721. The number of benzene rings is 2. The molecule has 1 atom stereocenters. The van der Waals surface area contributed by atoms with Gasteiger partial charge in [0.15, 0.2) is 0 Å². The van der Waals surface area contributed by atoms with Crippen molar-refractivity contribution < 1.29 is 9.15 Å². The standard InChI is InChI=1S/C16H16N2O2/c1-19-12-6-4-5-11(9-12)16(18-17)14-10-20-15-8-3-2-7-13(14)15/h2-10,16,18H,17H2,1H3. The molecule has 4 nitrogen and oxygen atoms in total. The highest BCUT2D eigenvalue weighted by Gasteiger charge is 2.18. The third kappa shape index (κ3) is 2.15. The molecule has 0 bridgehead atoms. The number of ether oxygens (including phenoxy) is 1. The van der Waals surface area contributed by atoms with E-state index in [2.05, 4.69) is 5.43 Å². The van der Waals surface area contributed by atoms with Crippen LogP contribution < -0.4 is 16.0 Å². The molecule has 3 N–H and O–H groups in total. The van der Waals surface area contributed by atoms with Gasteiger partial charge in [0.05, 0.1) is 19.4 Å². The molecule has 1 unspecified atom stereocenters. The van der Waals surface area contributed by atoms with Crippen molar-refractivity contribution in [1.29, 1.82) is 0 Å². The van der Waals surface area contributed by atoms with Gasteiger partial charge in [-0.1, -0.05) is 30.3 Å². The highest BCUT2D eigenvalue weighted by atomic mass is 16.5. The van der Waals surface area contributed by atoms with Crippen LogP contribution >= 0.6 is 0 Å².